The first-order valence-electron chi connectivity index (χ1n) is 6.00. The molecule has 3 nitrogen and oxygen atoms in total. The number of hydrogen-bond acceptors (Lipinski definition) is 3. The van der Waals surface area contributed by atoms with E-state index in [0.717, 1.165) is 13.1 Å². The number of morpholine rings is 1. The molecule has 0 saturated carbocycles. The summed E-state index contributed by atoms with van der Waals surface area (Å²) in [6.45, 7) is 13.5. The molecule has 15 heavy (non-hydrogen) atoms. The van der Waals surface area contributed by atoms with E-state index in [9.17, 15) is 0 Å². The van der Waals surface area contributed by atoms with Crippen LogP contribution in [0.3, 0.4) is 0 Å². The Bertz CT molecular complexity index is 182. The number of nitrogens with zero attached hydrogens (tertiary/aromatic N) is 1. The van der Waals surface area contributed by atoms with Crippen LogP contribution in [0.5, 0.6) is 0 Å². The van der Waals surface area contributed by atoms with Gasteiger partial charge >= 0.3 is 0 Å². The van der Waals surface area contributed by atoms with Crippen LogP contribution in [0.4, 0.5) is 0 Å². The van der Waals surface area contributed by atoms with E-state index in [4.69, 9.17) is 9.47 Å². The van der Waals surface area contributed by atoms with E-state index < -0.39 is 0 Å². The van der Waals surface area contributed by atoms with E-state index in [2.05, 4.69) is 39.5 Å². The fourth-order valence-corrected chi connectivity index (χ4v) is 1.89. The second kappa shape index (κ2) is 5.83. The molecule has 90 valence electrons. The van der Waals surface area contributed by atoms with Crippen LogP contribution in [0.25, 0.3) is 0 Å². The van der Waals surface area contributed by atoms with Crippen molar-refractivity contribution in [2.45, 2.75) is 59.0 Å². The first kappa shape index (κ1) is 12.9. The molecule has 2 atom stereocenters. The Labute approximate surface area is 93.7 Å². The van der Waals surface area contributed by atoms with Gasteiger partial charge in [0.1, 0.15) is 0 Å². The molecule has 1 rings (SSSR count). The summed E-state index contributed by atoms with van der Waals surface area (Å²) in [5, 5.41) is 0. The van der Waals surface area contributed by atoms with Gasteiger partial charge in [0.05, 0.1) is 24.9 Å². The minimum absolute atomic E-state index is 0.235. The lowest BCUT2D eigenvalue weighted by Gasteiger charge is -2.39. The first-order chi connectivity index (χ1) is 6.99. The highest BCUT2D eigenvalue weighted by Crippen LogP contribution is 2.14. The summed E-state index contributed by atoms with van der Waals surface area (Å²) in [6.07, 6.45) is 0.846. The third kappa shape index (κ3) is 4.49. The van der Waals surface area contributed by atoms with Crippen molar-refractivity contribution < 1.29 is 9.47 Å². The van der Waals surface area contributed by atoms with Crippen LogP contribution in [0.1, 0.15) is 34.6 Å². The summed E-state index contributed by atoms with van der Waals surface area (Å²) in [5.41, 5.74) is 0. The molecule has 0 N–H and O–H groups in total. The third-order valence-corrected chi connectivity index (χ3v) is 2.70. The predicted octanol–water partition coefficient (Wildman–Crippen LogP) is 1.91. The second-order valence-corrected chi connectivity index (χ2v) is 5.00. The van der Waals surface area contributed by atoms with Crippen LogP contribution < -0.4 is 0 Å². The van der Waals surface area contributed by atoms with E-state index in [1.807, 2.05) is 0 Å². The molecule has 0 radical (unpaired) electrons. The van der Waals surface area contributed by atoms with Crippen LogP contribution in [0, 0.1) is 0 Å². The molecule has 0 aliphatic carbocycles. The lowest BCUT2D eigenvalue weighted by atomic mass is 10.2. The fraction of sp³-hybridized carbons (Fsp3) is 1.00. The summed E-state index contributed by atoms with van der Waals surface area (Å²) in [5.74, 6) is 0. The van der Waals surface area contributed by atoms with Gasteiger partial charge in [-0.15, -0.1) is 0 Å². The van der Waals surface area contributed by atoms with Gasteiger partial charge in [-0.25, -0.2) is 0 Å². The van der Waals surface area contributed by atoms with Gasteiger partial charge in [0.25, 0.3) is 0 Å². The normalized spacial score (nSPS) is 29.0. The summed E-state index contributed by atoms with van der Waals surface area (Å²) >= 11 is 0. The Morgan fingerprint density at radius 3 is 2.47 bits per heavy atom. The quantitative estimate of drug-likeness (QED) is 0.715. The van der Waals surface area contributed by atoms with Gasteiger partial charge in [0, 0.05) is 19.1 Å². The zero-order valence-corrected chi connectivity index (χ0v) is 10.7. The van der Waals surface area contributed by atoms with Gasteiger partial charge < -0.3 is 9.47 Å². The van der Waals surface area contributed by atoms with Gasteiger partial charge in [-0.05, 0) is 34.6 Å². The second-order valence-electron chi connectivity index (χ2n) is 5.00. The van der Waals surface area contributed by atoms with E-state index in [1.54, 1.807) is 0 Å². The van der Waals surface area contributed by atoms with Gasteiger partial charge in [0.2, 0.25) is 0 Å². The smallest absolute Gasteiger partial charge is 0.0939 e. The minimum Gasteiger partial charge on any atom is -0.376 e. The highest BCUT2D eigenvalue weighted by molar-refractivity contribution is 4.77. The van der Waals surface area contributed by atoms with Crippen molar-refractivity contribution in [3.05, 3.63) is 0 Å². The number of rotatable bonds is 4. The highest BCUT2D eigenvalue weighted by Gasteiger charge is 2.26. The molecular weight excluding hydrogens is 190 g/mol. The third-order valence-electron chi connectivity index (χ3n) is 2.70. The number of hydrogen-bond donors (Lipinski definition) is 0. The van der Waals surface area contributed by atoms with Gasteiger partial charge in [-0.1, -0.05) is 0 Å². The standard InChI is InChI=1S/C12H25NO2/c1-9(2)13-6-11(5)15-12(7-13)8-14-10(3)4/h9-12H,6-8H2,1-5H3. The van der Waals surface area contributed by atoms with Crippen molar-refractivity contribution in [1.82, 2.24) is 4.90 Å². The molecule has 0 spiro atoms. The van der Waals surface area contributed by atoms with Crippen LogP contribution in [0.15, 0.2) is 0 Å². The maximum Gasteiger partial charge on any atom is 0.0939 e. The Balaban J connectivity index is 2.37. The van der Waals surface area contributed by atoms with Gasteiger partial charge in [0.15, 0.2) is 0 Å². The average molecular weight is 215 g/mol. The molecule has 0 amide bonds. The van der Waals surface area contributed by atoms with Crippen molar-refractivity contribution in [3.8, 4) is 0 Å². The monoisotopic (exact) mass is 215 g/mol. The van der Waals surface area contributed by atoms with Crippen molar-refractivity contribution in [2.75, 3.05) is 19.7 Å². The molecule has 1 heterocycles. The van der Waals surface area contributed by atoms with E-state index in [0.29, 0.717) is 24.9 Å². The van der Waals surface area contributed by atoms with Crippen LogP contribution >= 0.6 is 0 Å². The van der Waals surface area contributed by atoms with Gasteiger partial charge in [-0.3, -0.25) is 4.90 Å². The maximum absolute atomic E-state index is 5.85. The molecule has 0 bridgehead atoms. The Morgan fingerprint density at radius 1 is 1.27 bits per heavy atom. The summed E-state index contributed by atoms with van der Waals surface area (Å²) < 4.78 is 11.5. The highest BCUT2D eigenvalue weighted by atomic mass is 16.5. The Kier molecular flexibility index (Phi) is 5.03. The average Bonchev–Trinajstić information content (AvgIpc) is 2.13. The van der Waals surface area contributed by atoms with Crippen molar-refractivity contribution >= 4 is 0 Å². The molecule has 1 fully saturated rings. The molecule has 0 aromatic rings. The van der Waals surface area contributed by atoms with E-state index >= 15 is 0 Å². The van der Waals surface area contributed by atoms with Crippen molar-refractivity contribution in [2.24, 2.45) is 0 Å². The predicted molar refractivity (Wildman–Crippen MR) is 62.1 cm³/mol. The first-order valence-corrected chi connectivity index (χ1v) is 6.00. The van der Waals surface area contributed by atoms with Crippen LogP contribution in [-0.2, 0) is 9.47 Å². The molecule has 2 unspecified atom stereocenters. The van der Waals surface area contributed by atoms with Crippen LogP contribution in [-0.4, -0.2) is 49.0 Å². The molecular formula is C12H25NO2. The molecule has 0 aromatic carbocycles. The molecule has 1 aliphatic rings. The zero-order chi connectivity index (χ0) is 11.4. The Hall–Kier alpha value is -0.120. The summed E-state index contributed by atoms with van der Waals surface area (Å²) in [7, 11) is 0. The maximum atomic E-state index is 5.85. The lowest BCUT2D eigenvalue weighted by Crippen LogP contribution is -2.50. The fourth-order valence-electron chi connectivity index (χ4n) is 1.89. The zero-order valence-electron chi connectivity index (χ0n) is 10.7. The molecule has 3 heteroatoms. The van der Waals surface area contributed by atoms with Gasteiger partial charge in [-0.2, -0.15) is 0 Å². The number of ether oxygens (including phenoxy) is 2. The van der Waals surface area contributed by atoms with E-state index in [-0.39, 0.29) is 6.10 Å². The molecule has 1 aliphatic heterocycles. The van der Waals surface area contributed by atoms with Crippen LogP contribution in [0.2, 0.25) is 0 Å². The largest absolute Gasteiger partial charge is 0.376 e. The van der Waals surface area contributed by atoms with Crippen molar-refractivity contribution in [3.63, 3.8) is 0 Å². The molecule has 0 aromatic heterocycles. The van der Waals surface area contributed by atoms with Crippen molar-refractivity contribution in [1.29, 1.82) is 0 Å². The summed E-state index contributed by atoms with van der Waals surface area (Å²) in [6, 6.07) is 0.595. The lowest BCUT2D eigenvalue weighted by molar-refractivity contribution is -0.119. The van der Waals surface area contributed by atoms with E-state index in [1.165, 1.54) is 0 Å². The minimum atomic E-state index is 0.235. The Morgan fingerprint density at radius 2 is 1.93 bits per heavy atom. The summed E-state index contributed by atoms with van der Waals surface area (Å²) in [4.78, 5) is 2.46. The topological polar surface area (TPSA) is 21.7 Å². The SMILES string of the molecule is CC(C)OCC1CN(C(C)C)CC(C)O1. The molecule has 1 saturated heterocycles.